The lowest BCUT2D eigenvalue weighted by molar-refractivity contribution is 0.102. The van der Waals surface area contributed by atoms with Crippen LogP contribution >= 0.6 is 11.3 Å². The molecule has 1 heterocycles. The topological polar surface area (TPSA) is 55.1 Å². The highest BCUT2D eigenvalue weighted by molar-refractivity contribution is 7.13. The Labute approximate surface area is 133 Å². The first-order valence-electron chi connectivity index (χ1n) is 6.95. The zero-order valence-corrected chi connectivity index (χ0v) is 13.0. The number of hydrogen-bond donors (Lipinski definition) is 2. The van der Waals surface area contributed by atoms with Gasteiger partial charge in [0.15, 0.2) is 0 Å². The molecule has 3 aromatic rings. The fraction of sp³-hybridized carbons (Fsp3) is 0.0556. The number of carbonyl (C=O) groups is 1. The van der Waals surface area contributed by atoms with Gasteiger partial charge in [0.2, 0.25) is 0 Å². The summed E-state index contributed by atoms with van der Waals surface area (Å²) < 4.78 is 0. The minimum Gasteiger partial charge on any atom is -0.397 e. The van der Waals surface area contributed by atoms with Gasteiger partial charge in [-0.05, 0) is 48.2 Å². The third-order valence-corrected chi connectivity index (χ3v) is 4.34. The van der Waals surface area contributed by atoms with E-state index >= 15 is 0 Å². The summed E-state index contributed by atoms with van der Waals surface area (Å²) in [5, 5.41) is 4.91. The van der Waals surface area contributed by atoms with Crippen LogP contribution in [0.25, 0.3) is 10.4 Å². The molecule has 1 amide bonds. The number of anilines is 2. The Hall–Kier alpha value is -2.59. The van der Waals surface area contributed by atoms with Crippen LogP contribution in [-0.4, -0.2) is 5.91 Å². The number of hydrogen-bond acceptors (Lipinski definition) is 3. The summed E-state index contributed by atoms with van der Waals surface area (Å²) in [5.74, 6) is -0.157. The van der Waals surface area contributed by atoms with E-state index in [1.165, 1.54) is 0 Å². The highest BCUT2D eigenvalue weighted by Gasteiger charge is 2.09. The van der Waals surface area contributed by atoms with Gasteiger partial charge in [-0.3, -0.25) is 4.79 Å². The average molecular weight is 308 g/mol. The van der Waals surface area contributed by atoms with Crippen molar-refractivity contribution in [2.45, 2.75) is 6.92 Å². The van der Waals surface area contributed by atoms with E-state index in [2.05, 4.69) is 5.32 Å². The lowest BCUT2D eigenvalue weighted by Gasteiger charge is -2.10. The largest absolute Gasteiger partial charge is 0.397 e. The maximum Gasteiger partial charge on any atom is 0.255 e. The van der Waals surface area contributed by atoms with Gasteiger partial charge in [-0.1, -0.05) is 29.8 Å². The summed E-state index contributed by atoms with van der Waals surface area (Å²) in [4.78, 5) is 13.5. The highest BCUT2D eigenvalue weighted by atomic mass is 32.1. The van der Waals surface area contributed by atoms with Gasteiger partial charge < -0.3 is 11.1 Å². The summed E-state index contributed by atoms with van der Waals surface area (Å²) in [7, 11) is 0. The minimum absolute atomic E-state index is 0.157. The lowest BCUT2D eigenvalue weighted by Crippen LogP contribution is -2.13. The number of thiophene rings is 1. The van der Waals surface area contributed by atoms with Gasteiger partial charge in [0, 0.05) is 10.4 Å². The molecule has 22 heavy (non-hydrogen) atoms. The molecule has 0 aliphatic rings. The van der Waals surface area contributed by atoms with E-state index in [9.17, 15) is 4.79 Å². The first kappa shape index (κ1) is 14.4. The second kappa shape index (κ2) is 6.03. The van der Waals surface area contributed by atoms with Crippen LogP contribution in [0.4, 0.5) is 11.4 Å². The van der Waals surface area contributed by atoms with Crippen LogP contribution in [0.5, 0.6) is 0 Å². The van der Waals surface area contributed by atoms with Gasteiger partial charge >= 0.3 is 0 Å². The van der Waals surface area contributed by atoms with Gasteiger partial charge in [-0.15, -0.1) is 11.3 Å². The molecule has 0 unspecified atom stereocenters. The van der Waals surface area contributed by atoms with Crippen LogP contribution < -0.4 is 11.1 Å². The third-order valence-electron chi connectivity index (χ3n) is 3.42. The zero-order chi connectivity index (χ0) is 15.5. The van der Waals surface area contributed by atoms with Crippen molar-refractivity contribution < 1.29 is 4.79 Å². The number of nitrogens with one attached hydrogen (secondary N) is 1. The predicted octanol–water partition coefficient (Wildman–Crippen LogP) is 4.56. The van der Waals surface area contributed by atoms with Crippen LogP contribution in [-0.2, 0) is 0 Å². The minimum atomic E-state index is -0.157. The summed E-state index contributed by atoms with van der Waals surface area (Å²) in [6.45, 7) is 1.99. The quantitative estimate of drug-likeness (QED) is 0.697. The van der Waals surface area contributed by atoms with Crippen LogP contribution in [0.3, 0.4) is 0 Å². The van der Waals surface area contributed by atoms with Gasteiger partial charge in [-0.2, -0.15) is 0 Å². The van der Waals surface area contributed by atoms with Crippen LogP contribution in [0.2, 0.25) is 0 Å². The molecule has 3 rings (SSSR count). The summed E-state index contributed by atoms with van der Waals surface area (Å²) in [5.41, 5.74) is 9.96. The van der Waals surface area contributed by atoms with Gasteiger partial charge in [-0.25, -0.2) is 0 Å². The number of nitrogens with two attached hydrogens (primary N) is 1. The molecule has 110 valence electrons. The molecule has 3 N–H and O–H groups in total. The number of rotatable bonds is 3. The first-order chi connectivity index (χ1) is 10.6. The molecule has 0 aliphatic heterocycles. The first-order valence-corrected chi connectivity index (χ1v) is 7.83. The summed E-state index contributed by atoms with van der Waals surface area (Å²) in [6.07, 6.45) is 0. The van der Waals surface area contributed by atoms with Gasteiger partial charge in [0.1, 0.15) is 0 Å². The number of aryl methyl sites for hydroxylation is 1. The Balaban J connectivity index is 1.87. The van der Waals surface area contributed by atoms with E-state index in [0.29, 0.717) is 16.9 Å². The molecule has 0 radical (unpaired) electrons. The summed E-state index contributed by atoms with van der Waals surface area (Å²) >= 11 is 1.65. The fourth-order valence-corrected chi connectivity index (χ4v) is 2.88. The van der Waals surface area contributed by atoms with Crippen LogP contribution in [0.15, 0.2) is 60.0 Å². The molecule has 0 bridgehead atoms. The Kier molecular flexibility index (Phi) is 3.94. The normalized spacial score (nSPS) is 10.4. The molecule has 0 saturated carbocycles. The molecular weight excluding hydrogens is 292 g/mol. The fourth-order valence-electron chi connectivity index (χ4n) is 2.16. The lowest BCUT2D eigenvalue weighted by atomic mass is 10.1. The van der Waals surface area contributed by atoms with Crippen molar-refractivity contribution in [3.63, 3.8) is 0 Å². The van der Waals surface area contributed by atoms with Crippen molar-refractivity contribution in [1.82, 2.24) is 0 Å². The smallest absolute Gasteiger partial charge is 0.255 e. The second-order valence-electron chi connectivity index (χ2n) is 5.10. The Morgan fingerprint density at radius 2 is 1.86 bits per heavy atom. The standard InChI is InChI=1S/C18H16N2OS/c1-12-4-6-13(7-5-12)18(21)20-16-11-14(8-9-15(16)19)17-3-2-10-22-17/h2-11H,19H2,1H3,(H,20,21). The van der Waals surface area contributed by atoms with E-state index < -0.39 is 0 Å². The number of amides is 1. The Bertz CT molecular complexity index is 792. The molecule has 4 heteroatoms. The van der Waals surface area contributed by atoms with E-state index in [4.69, 9.17) is 5.73 Å². The van der Waals surface area contributed by atoms with Crippen molar-refractivity contribution >= 4 is 28.6 Å². The Morgan fingerprint density at radius 3 is 2.55 bits per heavy atom. The zero-order valence-electron chi connectivity index (χ0n) is 12.2. The maximum absolute atomic E-state index is 12.3. The van der Waals surface area contributed by atoms with Crippen LogP contribution in [0.1, 0.15) is 15.9 Å². The van der Waals surface area contributed by atoms with E-state index in [0.717, 1.165) is 16.0 Å². The van der Waals surface area contributed by atoms with Gasteiger partial charge in [0.05, 0.1) is 11.4 Å². The average Bonchev–Trinajstić information content (AvgIpc) is 3.04. The predicted molar refractivity (Wildman–Crippen MR) is 93.3 cm³/mol. The third kappa shape index (κ3) is 3.02. The molecule has 0 atom stereocenters. The van der Waals surface area contributed by atoms with Gasteiger partial charge in [0.25, 0.3) is 5.91 Å². The van der Waals surface area contributed by atoms with Crippen molar-refractivity contribution in [3.05, 3.63) is 71.1 Å². The molecule has 3 nitrogen and oxygen atoms in total. The van der Waals surface area contributed by atoms with Crippen molar-refractivity contribution in [1.29, 1.82) is 0 Å². The molecule has 0 aliphatic carbocycles. The number of carbonyl (C=O) groups excluding carboxylic acids is 1. The monoisotopic (exact) mass is 308 g/mol. The SMILES string of the molecule is Cc1ccc(C(=O)Nc2cc(-c3cccs3)ccc2N)cc1. The maximum atomic E-state index is 12.3. The van der Waals surface area contributed by atoms with E-state index in [1.807, 2.05) is 66.9 Å². The van der Waals surface area contributed by atoms with E-state index in [1.54, 1.807) is 11.3 Å². The van der Waals surface area contributed by atoms with Crippen molar-refractivity contribution in [3.8, 4) is 10.4 Å². The Morgan fingerprint density at radius 1 is 1.09 bits per heavy atom. The number of benzene rings is 2. The van der Waals surface area contributed by atoms with Crippen LogP contribution in [0, 0.1) is 6.92 Å². The number of nitrogen functional groups attached to an aromatic ring is 1. The summed E-state index contributed by atoms with van der Waals surface area (Å²) in [6, 6.07) is 17.2. The van der Waals surface area contributed by atoms with Crippen molar-refractivity contribution in [2.24, 2.45) is 0 Å². The highest BCUT2D eigenvalue weighted by Crippen LogP contribution is 2.30. The van der Waals surface area contributed by atoms with E-state index in [-0.39, 0.29) is 5.91 Å². The molecule has 2 aromatic carbocycles. The molecule has 1 aromatic heterocycles. The molecular formula is C18H16N2OS. The second-order valence-corrected chi connectivity index (χ2v) is 6.05. The molecule has 0 saturated heterocycles. The molecule has 0 spiro atoms. The van der Waals surface area contributed by atoms with Crippen molar-refractivity contribution in [2.75, 3.05) is 11.1 Å². The molecule has 0 fully saturated rings.